The molecular formula is C26H20N4O3. The molecule has 0 radical (unpaired) electrons. The maximum Gasteiger partial charge on any atom is 0.274 e. The van der Waals surface area contributed by atoms with Gasteiger partial charge in [0.05, 0.1) is 18.5 Å². The number of carbonyl (C=O) groups is 1. The summed E-state index contributed by atoms with van der Waals surface area (Å²) in [5, 5.41) is 7.52. The molecule has 0 saturated carbocycles. The molecule has 0 aliphatic heterocycles. The van der Waals surface area contributed by atoms with Crippen LogP contribution in [0, 0.1) is 0 Å². The zero-order valence-electron chi connectivity index (χ0n) is 17.6. The first-order valence-corrected chi connectivity index (χ1v) is 10.4. The molecule has 5 aromatic rings. The first-order valence-electron chi connectivity index (χ1n) is 10.4. The number of carbonyl (C=O) groups excluding carboxylic acids is 1. The van der Waals surface area contributed by atoms with Crippen molar-refractivity contribution in [2.75, 3.05) is 5.32 Å². The average Bonchev–Trinajstić information content (AvgIpc) is 3.53. The van der Waals surface area contributed by atoms with Crippen molar-refractivity contribution >= 4 is 11.6 Å². The van der Waals surface area contributed by atoms with E-state index < -0.39 is 0 Å². The summed E-state index contributed by atoms with van der Waals surface area (Å²) in [5.74, 6) is 0.287. The van der Waals surface area contributed by atoms with Crippen LogP contribution < -0.4 is 10.9 Å². The van der Waals surface area contributed by atoms with Crippen LogP contribution in [0.5, 0.6) is 0 Å². The van der Waals surface area contributed by atoms with Crippen molar-refractivity contribution in [2.24, 2.45) is 0 Å². The van der Waals surface area contributed by atoms with Gasteiger partial charge < -0.3 is 14.3 Å². The summed E-state index contributed by atoms with van der Waals surface area (Å²) in [4.78, 5) is 25.1. The minimum absolute atomic E-state index is 0.0589. The predicted molar refractivity (Wildman–Crippen MR) is 125 cm³/mol. The molecule has 162 valence electrons. The molecule has 7 nitrogen and oxygen atoms in total. The zero-order chi connectivity index (χ0) is 22.6. The van der Waals surface area contributed by atoms with Gasteiger partial charge in [-0.05, 0) is 48.0 Å². The molecular weight excluding hydrogens is 416 g/mol. The fourth-order valence-electron chi connectivity index (χ4n) is 3.53. The van der Waals surface area contributed by atoms with E-state index in [1.807, 2.05) is 60.7 Å². The fourth-order valence-corrected chi connectivity index (χ4v) is 3.53. The Hall–Kier alpha value is -4.65. The molecule has 1 N–H and O–H groups in total. The van der Waals surface area contributed by atoms with E-state index in [0.29, 0.717) is 29.4 Å². The van der Waals surface area contributed by atoms with Crippen LogP contribution in [0.1, 0.15) is 16.1 Å². The molecule has 5 rings (SSSR count). The Balaban J connectivity index is 1.39. The Bertz CT molecular complexity index is 1430. The molecule has 0 unspecified atom stereocenters. The van der Waals surface area contributed by atoms with Crippen LogP contribution in [0.15, 0.2) is 113 Å². The van der Waals surface area contributed by atoms with Crippen LogP contribution in [0.3, 0.4) is 0 Å². The number of benzene rings is 2. The van der Waals surface area contributed by atoms with E-state index in [0.717, 1.165) is 11.3 Å². The van der Waals surface area contributed by atoms with E-state index in [1.54, 1.807) is 46.0 Å². The van der Waals surface area contributed by atoms with Gasteiger partial charge in [0.1, 0.15) is 11.4 Å². The highest BCUT2D eigenvalue weighted by Crippen LogP contribution is 2.23. The van der Waals surface area contributed by atoms with E-state index in [1.165, 1.54) is 6.07 Å². The highest BCUT2D eigenvalue weighted by atomic mass is 16.3. The van der Waals surface area contributed by atoms with E-state index in [4.69, 9.17) is 4.42 Å². The first-order chi connectivity index (χ1) is 16.2. The second-order valence-electron chi connectivity index (χ2n) is 7.46. The molecule has 7 heteroatoms. The third-order valence-electron chi connectivity index (χ3n) is 5.18. The molecule has 2 aromatic carbocycles. The Morgan fingerprint density at radius 1 is 0.909 bits per heavy atom. The number of hydrogen-bond donors (Lipinski definition) is 1. The van der Waals surface area contributed by atoms with Gasteiger partial charge in [-0.2, -0.15) is 5.10 Å². The smallest absolute Gasteiger partial charge is 0.274 e. The minimum Gasteiger partial charge on any atom is -0.463 e. The number of pyridine rings is 1. The van der Waals surface area contributed by atoms with Crippen molar-refractivity contribution in [1.29, 1.82) is 0 Å². The summed E-state index contributed by atoms with van der Waals surface area (Å²) >= 11 is 0. The SMILES string of the molecule is O=C(Nc1ccc(Cn2ccccc2=O)cc1)c1cc(-c2ccco2)nn1-c1ccccc1. The first kappa shape index (κ1) is 20.3. The molecule has 0 bridgehead atoms. The lowest BCUT2D eigenvalue weighted by Crippen LogP contribution is -2.18. The molecule has 3 aromatic heterocycles. The van der Waals surface area contributed by atoms with Gasteiger partial charge >= 0.3 is 0 Å². The lowest BCUT2D eigenvalue weighted by Gasteiger charge is -2.09. The molecule has 3 heterocycles. The summed E-state index contributed by atoms with van der Waals surface area (Å²) in [5.41, 5.74) is 3.26. The molecule has 1 amide bonds. The number of furan rings is 1. The largest absolute Gasteiger partial charge is 0.463 e. The topological polar surface area (TPSA) is 82.1 Å². The number of nitrogens with zero attached hydrogens (tertiary/aromatic N) is 3. The Morgan fingerprint density at radius 2 is 1.70 bits per heavy atom. The number of nitrogens with one attached hydrogen (secondary N) is 1. The maximum atomic E-state index is 13.2. The number of hydrogen-bond acceptors (Lipinski definition) is 4. The van der Waals surface area contributed by atoms with Crippen LogP contribution >= 0.6 is 0 Å². The highest BCUT2D eigenvalue weighted by Gasteiger charge is 2.19. The van der Waals surface area contributed by atoms with Crippen molar-refractivity contribution in [3.63, 3.8) is 0 Å². The van der Waals surface area contributed by atoms with Crippen LogP contribution in [0.2, 0.25) is 0 Å². The molecule has 0 aliphatic rings. The molecule has 33 heavy (non-hydrogen) atoms. The fraction of sp³-hybridized carbons (Fsp3) is 0.0385. The lowest BCUT2D eigenvalue weighted by atomic mass is 10.2. The monoisotopic (exact) mass is 436 g/mol. The standard InChI is InChI=1S/C26H20N4O3/c31-25-10-4-5-15-29(25)18-19-11-13-20(14-12-19)27-26(32)23-17-22(24-9-6-16-33-24)28-30(23)21-7-2-1-3-8-21/h1-17H,18H2,(H,27,32). The molecule has 0 fully saturated rings. The van der Waals surface area contributed by atoms with Gasteiger partial charge in [-0.1, -0.05) is 36.4 Å². The van der Waals surface area contributed by atoms with Gasteiger partial charge in [0, 0.05) is 24.0 Å². The second kappa shape index (κ2) is 8.84. The summed E-state index contributed by atoms with van der Waals surface area (Å²) in [6, 6.07) is 27.2. The number of anilines is 1. The van der Waals surface area contributed by atoms with Gasteiger partial charge in [0.2, 0.25) is 0 Å². The maximum absolute atomic E-state index is 13.2. The number of amides is 1. The van der Waals surface area contributed by atoms with Crippen molar-refractivity contribution in [2.45, 2.75) is 6.54 Å². The third-order valence-corrected chi connectivity index (χ3v) is 5.18. The lowest BCUT2D eigenvalue weighted by molar-refractivity contribution is 0.101. The second-order valence-corrected chi connectivity index (χ2v) is 7.46. The van der Waals surface area contributed by atoms with Gasteiger partial charge in [0.25, 0.3) is 11.5 Å². The van der Waals surface area contributed by atoms with E-state index in [2.05, 4.69) is 10.4 Å². The van der Waals surface area contributed by atoms with E-state index in [9.17, 15) is 9.59 Å². The third kappa shape index (κ3) is 4.38. The van der Waals surface area contributed by atoms with Crippen molar-refractivity contribution in [1.82, 2.24) is 14.3 Å². The summed E-state index contributed by atoms with van der Waals surface area (Å²) in [7, 11) is 0. The highest BCUT2D eigenvalue weighted by molar-refractivity contribution is 6.04. The quantitative estimate of drug-likeness (QED) is 0.422. The number of para-hydroxylation sites is 1. The van der Waals surface area contributed by atoms with Gasteiger partial charge in [0.15, 0.2) is 5.76 Å². The molecule has 0 atom stereocenters. The summed E-state index contributed by atoms with van der Waals surface area (Å²) in [6.45, 7) is 0.460. The van der Waals surface area contributed by atoms with Crippen molar-refractivity contribution in [3.8, 4) is 17.1 Å². The van der Waals surface area contributed by atoms with Gasteiger partial charge in [-0.3, -0.25) is 9.59 Å². The minimum atomic E-state index is -0.295. The average molecular weight is 436 g/mol. The number of rotatable bonds is 6. The van der Waals surface area contributed by atoms with E-state index in [-0.39, 0.29) is 11.5 Å². The summed E-state index contributed by atoms with van der Waals surface area (Å²) < 4.78 is 8.69. The molecule has 0 aliphatic carbocycles. The van der Waals surface area contributed by atoms with Crippen molar-refractivity contribution < 1.29 is 9.21 Å². The Kier molecular flexibility index (Phi) is 5.43. The van der Waals surface area contributed by atoms with Gasteiger partial charge in [-0.25, -0.2) is 4.68 Å². The van der Waals surface area contributed by atoms with Crippen LogP contribution in [-0.4, -0.2) is 20.3 Å². The Labute approximate surface area is 189 Å². The van der Waals surface area contributed by atoms with Crippen LogP contribution in [0.25, 0.3) is 17.1 Å². The zero-order valence-corrected chi connectivity index (χ0v) is 17.6. The normalized spacial score (nSPS) is 10.8. The Morgan fingerprint density at radius 3 is 2.42 bits per heavy atom. The predicted octanol–water partition coefficient (Wildman–Crippen LogP) is 4.59. The summed E-state index contributed by atoms with van der Waals surface area (Å²) in [6.07, 6.45) is 3.32. The number of aromatic nitrogens is 3. The van der Waals surface area contributed by atoms with Crippen molar-refractivity contribution in [3.05, 3.63) is 125 Å². The van der Waals surface area contributed by atoms with E-state index >= 15 is 0 Å². The van der Waals surface area contributed by atoms with Crippen LogP contribution in [0.4, 0.5) is 5.69 Å². The molecule has 0 saturated heterocycles. The van der Waals surface area contributed by atoms with Gasteiger partial charge in [-0.15, -0.1) is 0 Å². The molecule has 0 spiro atoms. The van der Waals surface area contributed by atoms with Crippen LogP contribution in [-0.2, 0) is 6.54 Å².